The van der Waals surface area contributed by atoms with Crippen molar-refractivity contribution in [3.05, 3.63) is 53.9 Å². The maximum atomic E-state index is 10.5. The van der Waals surface area contributed by atoms with E-state index in [4.69, 9.17) is 14.6 Å². The average molecular weight is 330 g/mol. The van der Waals surface area contributed by atoms with Gasteiger partial charge in [0.15, 0.2) is 11.5 Å². The van der Waals surface area contributed by atoms with Crippen LogP contribution in [0.4, 0.5) is 0 Å². The maximum Gasteiger partial charge on any atom is 0.303 e. The Morgan fingerprint density at radius 1 is 1.17 bits per heavy atom. The minimum Gasteiger partial charge on any atom is -0.493 e. The van der Waals surface area contributed by atoms with Crippen molar-refractivity contribution in [2.75, 3.05) is 13.7 Å². The van der Waals surface area contributed by atoms with E-state index in [1.54, 1.807) is 19.5 Å². The van der Waals surface area contributed by atoms with E-state index < -0.39 is 5.97 Å². The third-order valence-corrected chi connectivity index (χ3v) is 3.45. The van der Waals surface area contributed by atoms with Crippen LogP contribution in [0.15, 0.2) is 42.7 Å². The highest BCUT2D eigenvalue weighted by atomic mass is 16.5. The molecule has 128 valence electrons. The predicted molar refractivity (Wildman–Crippen MR) is 90.1 cm³/mol. The van der Waals surface area contributed by atoms with Crippen molar-refractivity contribution in [2.24, 2.45) is 0 Å². The SMILES string of the molecule is COc1cc(CNCCCC(=O)O)ccc1OCc1ccncc1. The first-order valence-electron chi connectivity index (χ1n) is 7.80. The molecule has 2 aromatic rings. The summed E-state index contributed by atoms with van der Waals surface area (Å²) in [5, 5.41) is 11.8. The number of carboxylic acid groups (broad SMARTS) is 1. The number of carbonyl (C=O) groups is 1. The molecule has 0 unspecified atom stereocenters. The lowest BCUT2D eigenvalue weighted by Crippen LogP contribution is -2.15. The summed E-state index contributed by atoms with van der Waals surface area (Å²) in [4.78, 5) is 14.4. The summed E-state index contributed by atoms with van der Waals surface area (Å²) < 4.78 is 11.2. The number of hydrogen-bond acceptors (Lipinski definition) is 5. The van der Waals surface area contributed by atoms with Gasteiger partial charge in [0, 0.05) is 25.4 Å². The van der Waals surface area contributed by atoms with Crippen LogP contribution in [0.25, 0.3) is 0 Å². The van der Waals surface area contributed by atoms with Crippen molar-refractivity contribution in [2.45, 2.75) is 26.0 Å². The number of methoxy groups -OCH3 is 1. The molecule has 0 saturated heterocycles. The van der Waals surface area contributed by atoms with Crippen LogP contribution < -0.4 is 14.8 Å². The molecule has 0 saturated carbocycles. The number of carboxylic acids is 1. The van der Waals surface area contributed by atoms with Gasteiger partial charge < -0.3 is 19.9 Å². The molecule has 0 atom stereocenters. The quantitative estimate of drug-likeness (QED) is 0.652. The third-order valence-electron chi connectivity index (χ3n) is 3.45. The van der Waals surface area contributed by atoms with Crippen LogP contribution in [-0.4, -0.2) is 29.7 Å². The first kappa shape index (κ1) is 17.7. The van der Waals surface area contributed by atoms with Gasteiger partial charge in [0.1, 0.15) is 6.61 Å². The molecule has 1 aromatic heterocycles. The number of aromatic nitrogens is 1. The Morgan fingerprint density at radius 3 is 2.67 bits per heavy atom. The summed E-state index contributed by atoms with van der Waals surface area (Å²) in [7, 11) is 1.61. The summed E-state index contributed by atoms with van der Waals surface area (Å²) in [6, 6.07) is 9.58. The lowest BCUT2D eigenvalue weighted by Gasteiger charge is -2.12. The first-order chi connectivity index (χ1) is 11.7. The largest absolute Gasteiger partial charge is 0.493 e. The molecule has 6 nitrogen and oxygen atoms in total. The van der Waals surface area contributed by atoms with Gasteiger partial charge in [0.05, 0.1) is 7.11 Å². The number of nitrogens with one attached hydrogen (secondary N) is 1. The molecule has 0 radical (unpaired) electrons. The molecule has 0 spiro atoms. The molecule has 6 heteroatoms. The Bertz CT molecular complexity index is 647. The second kappa shape index (κ2) is 9.52. The van der Waals surface area contributed by atoms with Gasteiger partial charge in [-0.3, -0.25) is 9.78 Å². The number of pyridine rings is 1. The number of benzene rings is 1. The van der Waals surface area contributed by atoms with Gasteiger partial charge in [-0.25, -0.2) is 0 Å². The lowest BCUT2D eigenvalue weighted by molar-refractivity contribution is -0.137. The Balaban J connectivity index is 1.86. The van der Waals surface area contributed by atoms with Crippen molar-refractivity contribution in [1.29, 1.82) is 0 Å². The fourth-order valence-electron chi connectivity index (χ4n) is 2.18. The summed E-state index contributed by atoms with van der Waals surface area (Å²) in [6.07, 6.45) is 4.25. The highest BCUT2D eigenvalue weighted by Crippen LogP contribution is 2.28. The summed E-state index contributed by atoms with van der Waals surface area (Å²) in [6.45, 7) is 1.77. The maximum absolute atomic E-state index is 10.5. The smallest absolute Gasteiger partial charge is 0.303 e. The van der Waals surface area contributed by atoms with Crippen LogP contribution in [0.5, 0.6) is 11.5 Å². The molecule has 0 bridgehead atoms. The van der Waals surface area contributed by atoms with E-state index in [0.717, 1.165) is 11.1 Å². The minimum absolute atomic E-state index is 0.179. The van der Waals surface area contributed by atoms with Crippen LogP contribution in [0.2, 0.25) is 0 Å². The number of hydrogen-bond donors (Lipinski definition) is 2. The topological polar surface area (TPSA) is 80.7 Å². The predicted octanol–water partition coefficient (Wildman–Crippen LogP) is 2.62. The average Bonchev–Trinajstić information content (AvgIpc) is 2.60. The lowest BCUT2D eigenvalue weighted by atomic mass is 10.2. The van der Waals surface area contributed by atoms with Crippen LogP contribution in [0, 0.1) is 0 Å². The van der Waals surface area contributed by atoms with Crippen molar-refractivity contribution < 1.29 is 19.4 Å². The van der Waals surface area contributed by atoms with Crippen LogP contribution >= 0.6 is 0 Å². The monoisotopic (exact) mass is 330 g/mol. The third kappa shape index (κ3) is 5.89. The zero-order valence-corrected chi connectivity index (χ0v) is 13.7. The molecule has 1 heterocycles. The molecule has 0 fully saturated rings. The number of nitrogens with zero attached hydrogens (tertiary/aromatic N) is 1. The zero-order chi connectivity index (χ0) is 17.2. The van der Waals surface area contributed by atoms with Gasteiger partial charge in [-0.1, -0.05) is 6.07 Å². The van der Waals surface area contributed by atoms with Crippen molar-refractivity contribution in [1.82, 2.24) is 10.3 Å². The first-order valence-corrected chi connectivity index (χ1v) is 7.80. The Hall–Kier alpha value is -2.60. The van der Waals surface area contributed by atoms with Gasteiger partial charge in [0.2, 0.25) is 0 Å². The molecule has 0 amide bonds. The fraction of sp³-hybridized carbons (Fsp3) is 0.333. The van der Waals surface area contributed by atoms with Gasteiger partial charge >= 0.3 is 5.97 Å². The van der Waals surface area contributed by atoms with E-state index in [1.165, 1.54) is 0 Å². The van der Waals surface area contributed by atoms with E-state index in [1.807, 2.05) is 30.3 Å². The van der Waals surface area contributed by atoms with Gasteiger partial charge in [0.25, 0.3) is 0 Å². The molecule has 24 heavy (non-hydrogen) atoms. The second-order valence-electron chi connectivity index (χ2n) is 5.30. The summed E-state index contributed by atoms with van der Waals surface area (Å²) in [5.74, 6) is 0.590. The summed E-state index contributed by atoms with van der Waals surface area (Å²) in [5.41, 5.74) is 2.09. The van der Waals surface area contributed by atoms with E-state index in [9.17, 15) is 4.79 Å². The molecule has 1 aromatic carbocycles. The van der Waals surface area contributed by atoms with E-state index in [0.29, 0.717) is 37.6 Å². The Kier molecular flexibility index (Phi) is 7.04. The molecule has 2 N–H and O–H groups in total. The number of rotatable bonds is 10. The van der Waals surface area contributed by atoms with Crippen molar-refractivity contribution in [3.8, 4) is 11.5 Å². The number of aliphatic carboxylic acids is 1. The van der Waals surface area contributed by atoms with Crippen LogP contribution in [-0.2, 0) is 17.9 Å². The van der Waals surface area contributed by atoms with Gasteiger partial charge in [-0.15, -0.1) is 0 Å². The normalized spacial score (nSPS) is 10.4. The van der Waals surface area contributed by atoms with E-state index in [2.05, 4.69) is 10.3 Å². The molecular weight excluding hydrogens is 308 g/mol. The second-order valence-corrected chi connectivity index (χ2v) is 5.30. The fourth-order valence-corrected chi connectivity index (χ4v) is 2.18. The minimum atomic E-state index is -0.769. The van der Waals surface area contributed by atoms with Crippen molar-refractivity contribution >= 4 is 5.97 Å². The molecular formula is C18H22N2O4. The Morgan fingerprint density at radius 2 is 1.96 bits per heavy atom. The highest BCUT2D eigenvalue weighted by molar-refractivity contribution is 5.66. The van der Waals surface area contributed by atoms with Gasteiger partial charge in [-0.2, -0.15) is 0 Å². The van der Waals surface area contributed by atoms with E-state index in [-0.39, 0.29) is 6.42 Å². The molecule has 0 aliphatic heterocycles. The Labute approximate surface area is 141 Å². The standard InChI is InChI=1S/C18H22N2O4/c1-23-17-11-15(12-20-8-2-3-18(21)22)4-5-16(17)24-13-14-6-9-19-10-7-14/h4-7,9-11,20H,2-3,8,12-13H2,1H3,(H,21,22). The van der Waals surface area contributed by atoms with E-state index >= 15 is 0 Å². The summed E-state index contributed by atoms with van der Waals surface area (Å²) >= 11 is 0. The van der Waals surface area contributed by atoms with Crippen LogP contribution in [0.3, 0.4) is 0 Å². The van der Waals surface area contributed by atoms with Crippen LogP contribution in [0.1, 0.15) is 24.0 Å². The molecule has 0 aliphatic rings. The van der Waals surface area contributed by atoms with Crippen molar-refractivity contribution in [3.63, 3.8) is 0 Å². The molecule has 0 aliphatic carbocycles. The number of ether oxygens (including phenoxy) is 2. The highest BCUT2D eigenvalue weighted by Gasteiger charge is 2.06. The zero-order valence-electron chi connectivity index (χ0n) is 13.7. The molecule has 2 rings (SSSR count). The van der Waals surface area contributed by atoms with Gasteiger partial charge in [-0.05, 0) is 48.4 Å².